The van der Waals surface area contributed by atoms with Crippen LogP contribution in [0.15, 0.2) is 67.4 Å². The molecule has 20 heavy (non-hydrogen) atoms. The molecule has 0 aliphatic rings. The standard InChI is InChI=1S/2C9H10O/c1-7(2)8-5-3-4-6-9(8)10;1-8(7-10)9-5-3-2-4-6-9/h3-6,10H,1H2,2H3;2-7,10H,1H3. The summed E-state index contributed by atoms with van der Waals surface area (Å²) >= 11 is 0. The largest absolute Gasteiger partial charge is 0.515 e. The third-order valence-electron chi connectivity index (χ3n) is 2.79. The minimum atomic E-state index is 0.301. The van der Waals surface area contributed by atoms with Crippen molar-refractivity contribution in [1.82, 2.24) is 0 Å². The summed E-state index contributed by atoms with van der Waals surface area (Å²) < 4.78 is 0. The van der Waals surface area contributed by atoms with Crippen molar-refractivity contribution in [2.75, 3.05) is 0 Å². The van der Waals surface area contributed by atoms with Gasteiger partial charge in [-0.05, 0) is 36.6 Å². The van der Waals surface area contributed by atoms with Crippen LogP contribution in [0.1, 0.15) is 25.0 Å². The first-order chi connectivity index (χ1) is 9.56. The average molecular weight is 268 g/mol. The predicted molar refractivity (Wildman–Crippen MR) is 85.5 cm³/mol. The molecule has 0 aliphatic carbocycles. The van der Waals surface area contributed by atoms with E-state index >= 15 is 0 Å². The van der Waals surface area contributed by atoms with E-state index in [0.29, 0.717) is 5.75 Å². The third kappa shape index (κ3) is 4.65. The molecule has 2 aromatic carbocycles. The number of hydrogen-bond acceptors (Lipinski definition) is 2. The van der Waals surface area contributed by atoms with E-state index in [1.54, 1.807) is 12.1 Å². The number of rotatable bonds is 2. The van der Waals surface area contributed by atoms with E-state index in [9.17, 15) is 5.11 Å². The van der Waals surface area contributed by atoms with E-state index in [0.717, 1.165) is 28.5 Å². The zero-order valence-electron chi connectivity index (χ0n) is 11.9. The summed E-state index contributed by atoms with van der Waals surface area (Å²) in [5.41, 5.74) is 3.66. The molecular weight excluding hydrogens is 248 g/mol. The molecule has 104 valence electrons. The van der Waals surface area contributed by atoms with Gasteiger partial charge in [0.1, 0.15) is 5.75 Å². The summed E-state index contributed by atoms with van der Waals surface area (Å²) in [7, 11) is 0. The molecule has 2 rings (SSSR count). The summed E-state index contributed by atoms with van der Waals surface area (Å²) in [6.45, 7) is 7.47. The highest BCUT2D eigenvalue weighted by atomic mass is 16.3. The van der Waals surface area contributed by atoms with Crippen LogP contribution >= 0.6 is 0 Å². The van der Waals surface area contributed by atoms with Crippen molar-refractivity contribution in [2.45, 2.75) is 13.8 Å². The van der Waals surface area contributed by atoms with Crippen LogP contribution in [0.4, 0.5) is 0 Å². The number of aliphatic hydroxyl groups is 1. The van der Waals surface area contributed by atoms with Gasteiger partial charge in [0.15, 0.2) is 0 Å². The highest BCUT2D eigenvalue weighted by Crippen LogP contribution is 2.21. The van der Waals surface area contributed by atoms with Gasteiger partial charge in [0.25, 0.3) is 0 Å². The smallest absolute Gasteiger partial charge is 0.123 e. The molecule has 2 heteroatoms. The molecule has 2 N–H and O–H groups in total. The van der Waals surface area contributed by atoms with Crippen molar-refractivity contribution in [1.29, 1.82) is 0 Å². The lowest BCUT2D eigenvalue weighted by Crippen LogP contribution is -1.76. The van der Waals surface area contributed by atoms with Gasteiger partial charge in [0.05, 0.1) is 6.26 Å². The Bertz CT molecular complexity index is 583. The Morgan fingerprint density at radius 3 is 1.95 bits per heavy atom. The normalized spacial score (nSPS) is 10.4. The molecule has 0 bridgehead atoms. The van der Waals surface area contributed by atoms with Gasteiger partial charge in [-0.15, -0.1) is 0 Å². The molecule has 0 fully saturated rings. The number of allylic oxidation sites excluding steroid dienone is 2. The molecule has 0 aromatic heterocycles. The molecule has 0 aliphatic heterocycles. The average Bonchev–Trinajstić information content (AvgIpc) is 2.48. The van der Waals surface area contributed by atoms with Crippen molar-refractivity contribution < 1.29 is 10.2 Å². The lowest BCUT2D eigenvalue weighted by molar-refractivity contribution is 0.473. The molecule has 0 saturated carbocycles. The van der Waals surface area contributed by atoms with E-state index in [-0.39, 0.29) is 0 Å². The highest BCUT2D eigenvalue weighted by molar-refractivity contribution is 5.66. The second-order valence-corrected chi connectivity index (χ2v) is 4.48. The van der Waals surface area contributed by atoms with E-state index in [2.05, 4.69) is 6.58 Å². The summed E-state index contributed by atoms with van der Waals surface area (Å²) in [6, 6.07) is 16.9. The fourth-order valence-corrected chi connectivity index (χ4v) is 1.61. The molecular formula is C18H20O2. The van der Waals surface area contributed by atoms with E-state index in [1.165, 1.54) is 0 Å². The van der Waals surface area contributed by atoms with Crippen LogP contribution in [0.5, 0.6) is 5.75 Å². The lowest BCUT2D eigenvalue weighted by Gasteiger charge is -2.00. The minimum Gasteiger partial charge on any atom is -0.515 e. The van der Waals surface area contributed by atoms with Crippen LogP contribution in [0.2, 0.25) is 0 Å². The Morgan fingerprint density at radius 1 is 0.950 bits per heavy atom. The fraction of sp³-hybridized carbons (Fsp3) is 0.111. The van der Waals surface area contributed by atoms with E-state index in [4.69, 9.17) is 5.11 Å². The Labute approximate surface area is 120 Å². The molecule has 0 amide bonds. The first-order valence-corrected chi connectivity index (χ1v) is 6.36. The quantitative estimate of drug-likeness (QED) is 0.750. The molecule has 2 aromatic rings. The number of aliphatic hydroxyl groups excluding tert-OH is 1. The molecule has 0 spiro atoms. The predicted octanol–water partition coefficient (Wildman–Crippen LogP) is 5.03. The Balaban J connectivity index is 0.000000200. The van der Waals surface area contributed by atoms with Crippen LogP contribution < -0.4 is 0 Å². The van der Waals surface area contributed by atoms with Crippen LogP contribution in [-0.2, 0) is 0 Å². The molecule has 0 unspecified atom stereocenters. The summed E-state index contributed by atoms with van der Waals surface area (Å²) in [5.74, 6) is 0.301. The minimum absolute atomic E-state index is 0.301. The van der Waals surface area contributed by atoms with Crippen molar-refractivity contribution in [2.24, 2.45) is 0 Å². The summed E-state index contributed by atoms with van der Waals surface area (Å²) in [4.78, 5) is 0. The molecule has 0 radical (unpaired) electrons. The van der Waals surface area contributed by atoms with Gasteiger partial charge in [-0.25, -0.2) is 0 Å². The van der Waals surface area contributed by atoms with Crippen molar-refractivity contribution >= 4 is 11.1 Å². The first-order valence-electron chi connectivity index (χ1n) is 6.36. The van der Waals surface area contributed by atoms with Gasteiger partial charge in [0.2, 0.25) is 0 Å². The molecule has 0 heterocycles. The summed E-state index contributed by atoms with van der Waals surface area (Å²) in [5, 5.41) is 17.8. The van der Waals surface area contributed by atoms with Gasteiger partial charge in [-0.2, -0.15) is 0 Å². The second-order valence-electron chi connectivity index (χ2n) is 4.48. The Hall–Kier alpha value is -2.48. The Morgan fingerprint density at radius 2 is 1.50 bits per heavy atom. The highest BCUT2D eigenvalue weighted by Gasteiger charge is 1.97. The maximum atomic E-state index is 9.22. The van der Waals surface area contributed by atoms with Gasteiger partial charge < -0.3 is 10.2 Å². The molecule has 0 atom stereocenters. The maximum absolute atomic E-state index is 9.22. The number of para-hydroxylation sites is 1. The number of aromatic hydroxyl groups is 1. The first kappa shape index (κ1) is 15.6. The SMILES string of the molecule is C=C(C)c1ccccc1O.CC(=CO)c1ccccc1. The maximum Gasteiger partial charge on any atom is 0.123 e. The number of hydrogen-bond donors (Lipinski definition) is 2. The van der Waals surface area contributed by atoms with Gasteiger partial charge >= 0.3 is 0 Å². The monoisotopic (exact) mass is 268 g/mol. The van der Waals surface area contributed by atoms with Crippen LogP contribution in [0.25, 0.3) is 11.1 Å². The number of phenols is 1. The van der Waals surface area contributed by atoms with Crippen molar-refractivity contribution in [3.8, 4) is 5.75 Å². The van der Waals surface area contributed by atoms with Gasteiger partial charge in [-0.1, -0.05) is 55.1 Å². The third-order valence-corrected chi connectivity index (χ3v) is 2.79. The molecule has 2 nitrogen and oxygen atoms in total. The van der Waals surface area contributed by atoms with Crippen molar-refractivity contribution in [3.05, 3.63) is 78.6 Å². The fourth-order valence-electron chi connectivity index (χ4n) is 1.61. The zero-order valence-corrected chi connectivity index (χ0v) is 11.9. The number of benzene rings is 2. The topological polar surface area (TPSA) is 40.5 Å². The molecule has 0 saturated heterocycles. The second kappa shape index (κ2) is 7.85. The van der Waals surface area contributed by atoms with E-state index < -0.39 is 0 Å². The lowest BCUT2D eigenvalue weighted by atomic mass is 10.1. The van der Waals surface area contributed by atoms with E-state index in [1.807, 2.05) is 56.3 Å². The van der Waals surface area contributed by atoms with Crippen LogP contribution in [0, 0.1) is 0 Å². The van der Waals surface area contributed by atoms with Gasteiger partial charge in [-0.3, -0.25) is 0 Å². The van der Waals surface area contributed by atoms with Crippen LogP contribution in [0.3, 0.4) is 0 Å². The number of phenolic OH excluding ortho intramolecular Hbond substituents is 1. The Kier molecular flexibility index (Phi) is 6.11. The summed E-state index contributed by atoms with van der Waals surface area (Å²) in [6.07, 6.45) is 1.12. The zero-order chi connectivity index (χ0) is 15.0. The van der Waals surface area contributed by atoms with Gasteiger partial charge in [0, 0.05) is 5.56 Å². The van der Waals surface area contributed by atoms with Crippen molar-refractivity contribution in [3.63, 3.8) is 0 Å². The van der Waals surface area contributed by atoms with Crippen LogP contribution in [-0.4, -0.2) is 10.2 Å².